The maximum Gasteiger partial charge on any atom is 0.343 e. The van der Waals surface area contributed by atoms with Gasteiger partial charge in [0, 0.05) is 17.1 Å². The molecule has 0 spiro atoms. The molecule has 2 aromatic heterocycles. The molecule has 1 aliphatic rings. The third-order valence-corrected chi connectivity index (χ3v) is 5.07. The fourth-order valence-electron chi connectivity index (χ4n) is 3.69. The van der Waals surface area contributed by atoms with Crippen LogP contribution in [0.3, 0.4) is 0 Å². The van der Waals surface area contributed by atoms with Crippen LogP contribution >= 0.6 is 0 Å². The molecule has 0 amide bonds. The van der Waals surface area contributed by atoms with E-state index in [0.717, 1.165) is 25.9 Å². The molecule has 0 atom stereocenters. The first-order valence-electron chi connectivity index (χ1n) is 8.56. The summed E-state index contributed by atoms with van der Waals surface area (Å²) in [6.07, 6.45) is 5.75. The molecule has 1 N–H and O–H groups in total. The molecule has 1 saturated heterocycles. The number of nitrogens with zero attached hydrogens (tertiary/aromatic N) is 2. The Kier molecular flexibility index (Phi) is 4.28. The van der Waals surface area contributed by atoms with Crippen molar-refractivity contribution in [3.8, 4) is 0 Å². The minimum atomic E-state index is -0.398. The van der Waals surface area contributed by atoms with E-state index in [0.29, 0.717) is 23.8 Å². The Labute approximate surface area is 145 Å². The number of aromatic amines is 1. The summed E-state index contributed by atoms with van der Waals surface area (Å²) in [5, 5.41) is 5.06. The van der Waals surface area contributed by atoms with Crippen molar-refractivity contribution in [2.75, 3.05) is 20.2 Å². The monoisotopic (exact) mass is 339 g/mol. The van der Waals surface area contributed by atoms with Crippen molar-refractivity contribution in [3.05, 3.63) is 53.5 Å². The first kappa shape index (κ1) is 15.9. The topological polar surface area (TPSA) is 71.4 Å². The van der Waals surface area contributed by atoms with Gasteiger partial charge in [-0.25, -0.2) is 4.79 Å². The van der Waals surface area contributed by atoms with Gasteiger partial charge in [-0.2, -0.15) is 0 Å². The average molecular weight is 339 g/mol. The highest BCUT2D eigenvalue weighted by Gasteiger charge is 2.25. The quantitative estimate of drug-likeness (QED) is 0.738. The lowest BCUT2D eigenvalue weighted by atomic mass is 9.89. The number of nitrogens with one attached hydrogen (secondary N) is 1. The molecular formula is C19H21N3O3. The maximum atomic E-state index is 11.7. The third-order valence-electron chi connectivity index (χ3n) is 5.07. The number of carbonyl (C=O) groups excluding carboxylic acids is 1. The molecule has 3 heterocycles. The fourth-order valence-corrected chi connectivity index (χ4v) is 3.69. The van der Waals surface area contributed by atoms with Crippen LogP contribution in [0.15, 0.2) is 41.2 Å². The highest BCUT2D eigenvalue weighted by atomic mass is 16.5. The van der Waals surface area contributed by atoms with Crippen LogP contribution < -0.4 is 0 Å². The van der Waals surface area contributed by atoms with Gasteiger partial charge in [-0.15, -0.1) is 0 Å². The van der Waals surface area contributed by atoms with Crippen molar-refractivity contribution in [3.63, 3.8) is 0 Å². The Bertz CT molecular complexity index is 875. The SMILES string of the molecule is COC(=O)c1cnoc1CN1CCC(c2c[nH]c3ccccc23)CC1. The van der Waals surface area contributed by atoms with Crippen LogP contribution in [-0.4, -0.2) is 41.2 Å². The zero-order chi connectivity index (χ0) is 17.2. The zero-order valence-electron chi connectivity index (χ0n) is 14.2. The van der Waals surface area contributed by atoms with Crippen molar-refractivity contribution >= 4 is 16.9 Å². The number of para-hydroxylation sites is 1. The van der Waals surface area contributed by atoms with Crippen molar-refractivity contribution in [1.82, 2.24) is 15.0 Å². The second-order valence-electron chi connectivity index (χ2n) is 6.49. The van der Waals surface area contributed by atoms with Crippen molar-refractivity contribution < 1.29 is 14.1 Å². The molecule has 25 heavy (non-hydrogen) atoms. The number of methoxy groups -OCH3 is 1. The zero-order valence-corrected chi connectivity index (χ0v) is 14.2. The van der Waals surface area contributed by atoms with Crippen LogP contribution in [-0.2, 0) is 11.3 Å². The van der Waals surface area contributed by atoms with Gasteiger partial charge >= 0.3 is 5.97 Å². The number of fused-ring (bicyclic) bond motifs is 1. The predicted octanol–water partition coefficient (Wildman–Crippen LogP) is 3.32. The van der Waals surface area contributed by atoms with Gasteiger partial charge in [0.15, 0.2) is 5.76 Å². The molecule has 0 unspecified atom stereocenters. The molecule has 0 saturated carbocycles. The fraction of sp³-hybridized carbons (Fsp3) is 0.368. The average Bonchev–Trinajstić information content (AvgIpc) is 3.29. The number of benzene rings is 1. The van der Waals surface area contributed by atoms with Crippen LogP contribution in [0.5, 0.6) is 0 Å². The lowest BCUT2D eigenvalue weighted by molar-refractivity contribution is 0.0595. The number of hydrogen-bond donors (Lipinski definition) is 1. The summed E-state index contributed by atoms with van der Waals surface area (Å²) in [5.74, 6) is 0.740. The standard InChI is InChI=1S/C19H21N3O3/c1-24-19(23)16-11-21-25-18(16)12-22-8-6-13(7-9-22)15-10-20-17-5-3-2-4-14(15)17/h2-5,10-11,13,20H,6-9,12H2,1H3. The Hall–Kier alpha value is -2.60. The minimum absolute atomic E-state index is 0.398. The first-order valence-corrected chi connectivity index (χ1v) is 8.56. The van der Waals surface area contributed by atoms with E-state index in [2.05, 4.69) is 45.5 Å². The number of H-pyrrole nitrogens is 1. The van der Waals surface area contributed by atoms with Gasteiger partial charge in [0.1, 0.15) is 5.56 Å². The van der Waals surface area contributed by atoms with E-state index < -0.39 is 5.97 Å². The third kappa shape index (κ3) is 3.05. The summed E-state index contributed by atoms with van der Waals surface area (Å²) < 4.78 is 10.0. The molecule has 0 aliphatic carbocycles. The summed E-state index contributed by atoms with van der Waals surface area (Å²) in [6, 6.07) is 8.45. The maximum absolute atomic E-state index is 11.7. The second-order valence-corrected chi connectivity index (χ2v) is 6.49. The molecule has 6 heteroatoms. The summed E-state index contributed by atoms with van der Waals surface area (Å²) >= 11 is 0. The summed E-state index contributed by atoms with van der Waals surface area (Å²) in [4.78, 5) is 17.4. The van der Waals surface area contributed by atoms with E-state index in [1.54, 1.807) is 0 Å². The van der Waals surface area contributed by atoms with E-state index in [1.165, 1.54) is 29.8 Å². The number of carbonyl (C=O) groups is 1. The Balaban J connectivity index is 1.42. The van der Waals surface area contributed by atoms with Gasteiger partial charge in [0.2, 0.25) is 0 Å². The van der Waals surface area contributed by atoms with Crippen molar-refractivity contribution in [1.29, 1.82) is 0 Å². The molecule has 130 valence electrons. The Morgan fingerprint density at radius 2 is 2.16 bits per heavy atom. The summed E-state index contributed by atoms with van der Waals surface area (Å²) in [5.41, 5.74) is 3.02. The molecule has 4 rings (SSSR count). The van der Waals surface area contributed by atoms with Crippen LogP contribution in [0.4, 0.5) is 0 Å². The summed E-state index contributed by atoms with van der Waals surface area (Å²) in [6.45, 7) is 2.52. The Morgan fingerprint density at radius 3 is 2.96 bits per heavy atom. The minimum Gasteiger partial charge on any atom is -0.465 e. The van der Waals surface area contributed by atoms with E-state index in [-0.39, 0.29) is 0 Å². The summed E-state index contributed by atoms with van der Waals surface area (Å²) in [7, 11) is 1.37. The lowest BCUT2D eigenvalue weighted by Gasteiger charge is -2.31. The van der Waals surface area contributed by atoms with Gasteiger partial charge in [-0.3, -0.25) is 4.90 Å². The molecule has 1 aromatic carbocycles. The lowest BCUT2D eigenvalue weighted by Crippen LogP contribution is -2.32. The highest BCUT2D eigenvalue weighted by Crippen LogP contribution is 2.33. The van der Waals surface area contributed by atoms with Crippen molar-refractivity contribution in [2.45, 2.75) is 25.3 Å². The molecule has 0 radical (unpaired) electrons. The Morgan fingerprint density at radius 1 is 1.36 bits per heavy atom. The van der Waals surface area contributed by atoms with Crippen LogP contribution in [0, 0.1) is 0 Å². The number of piperidine rings is 1. The number of ether oxygens (including phenoxy) is 1. The van der Waals surface area contributed by atoms with Gasteiger partial charge in [-0.05, 0) is 43.5 Å². The molecule has 0 bridgehead atoms. The number of rotatable bonds is 4. The molecular weight excluding hydrogens is 318 g/mol. The van der Waals surface area contributed by atoms with Crippen LogP contribution in [0.2, 0.25) is 0 Å². The van der Waals surface area contributed by atoms with E-state index in [4.69, 9.17) is 9.26 Å². The largest absolute Gasteiger partial charge is 0.465 e. The van der Waals surface area contributed by atoms with Crippen LogP contribution in [0.1, 0.15) is 40.4 Å². The molecule has 6 nitrogen and oxygen atoms in total. The van der Waals surface area contributed by atoms with Gasteiger partial charge in [0.25, 0.3) is 0 Å². The number of esters is 1. The number of hydrogen-bond acceptors (Lipinski definition) is 5. The molecule has 1 aliphatic heterocycles. The van der Waals surface area contributed by atoms with E-state index in [1.807, 2.05) is 0 Å². The van der Waals surface area contributed by atoms with Crippen LogP contribution in [0.25, 0.3) is 10.9 Å². The predicted molar refractivity (Wildman–Crippen MR) is 93.4 cm³/mol. The number of aromatic nitrogens is 2. The molecule has 1 fully saturated rings. The highest BCUT2D eigenvalue weighted by molar-refractivity contribution is 5.89. The first-order chi connectivity index (χ1) is 12.3. The number of likely N-dealkylation sites (tertiary alicyclic amines) is 1. The van der Waals surface area contributed by atoms with E-state index >= 15 is 0 Å². The van der Waals surface area contributed by atoms with Crippen molar-refractivity contribution in [2.24, 2.45) is 0 Å². The molecule has 3 aromatic rings. The van der Waals surface area contributed by atoms with Gasteiger partial charge in [-0.1, -0.05) is 23.4 Å². The second kappa shape index (κ2) is 6.72. The van der Waals surface area contributed by atoms with Gasteiger partial charge in [0.05, 0.1) is 19.9 Å². The smallest absolute Gasteiger partial charge is 0.343 e. The van der Waals surface area contributed by atoms with E-state index in [9.17, 15) is 4.79 Å². The van der Waals surface area contributed by atoms with Gasteiger partial charge < -0.3 is 14.2 Å². The normalized spacial score (nSPS) is 16.4.